The zero-order chi connectivity index (χ0) is 18.2. The molecule has 1 saturated heterocycles. The zero-order valence-corrected chi connectivity index (χ0v) is 14.7. The molecule has 1 N–H and O–H groups in total. The van der Waals surface area contributed by atoms with E-state index in [1.807, 2.05) is 0 Å². The molecule has 2 rings (SSSR count). The lowest BCUT2D eigenvalue weighted by Gasteiger charge is -2.25. The van der Waals surface area contributed by atoms with Crippen LogP contribution in [0.3, 0.4) is 0 Å². The van der Waals surface area contributed by atoms with E-state index in [9.17, 15) is 9.59 Å². The number of carbonyl (C=O) groups excluding carboxylic acids is 2. The average molecular weight is 349 g/mol. The second-order valence-electron chi connectivity index (χ2n) is 5.51. The normalized spacial score (nSPS) is 14.3. The van der Waals surface area contributed by atoms with Gasteiger partial charge < -0.3 is 19.1 Å². The fraction of sp³-hybridized carbons (Fsp3) is 0.471. The summed E-state index contributed by atoms with van der Waals surface area (Å²) in [7, 11) is 4.54. The molecule has 0 radical (unpaired) electrons. The molecule has 1 aliphatic heterocycles. The summed E-state index contributed by atoms with van der Waals surface area (Å²) in [6, 6.07) is 3.37. The van der Waals surface area contributed by atoms with Crippen LogP contribution in [0.5, 0.6) is 17.2 Å². The van der Waals surface area contributed by atoms with Crippen LogP contribution in [0.25, 0.3) is 0 Å². The number of benzene rings is 1. The first kappa shape index (κ1) is 18.6. The van der Waals surface area contributed by atoms with E-state index < -0.39 is 11.8 Å². The van der Waals surface area contributed by atoms with Crippen molar-refractivity contribution in [2.45, 2.75) is 19.3 Å². The molecule has 2 amide bonds. The molecule has 0 bridgehead atoms. The van der Waals surface area contributed by atoms with Gasteiger partial charge in [-0.2, -0.15) is 5.10 Å². The highest BCUT2D eigenvalue weighted by Crippen LogP contribution is 2.37. The summed E-state index contributed by atoms with van der Waals surface area (Å²) in [5.74, 6) is 0.108. The summed E-state index contributed by atoms with van der Waals surface area (Å²) in [5.41, 5.74) is 2.88. The summed E-state index contributed by atoms with van der Waals surface area (Å²) in [5, 5.41) is 3.84. The van der Waals surface area contributed by atoms with E-state index in [0.717, 1.165) is 19.3 Å². The SMILES string of the molecule is COc1cc(C=NNC(=O)C(=O)N2CCCCC2)cc(OC)c1OC. The smallest absolute Gasteiger partial charge is 0.329 e. The molecule has 25 heavy (non-hydrogen) atoms. The van der Waals surface area contributed by atoms with Gasteiger partial charge in [0.05, 0.1) is 27.5 Å². The van der Waals surface area contributed by atoms with Gasteiger partial charge in [0.15, 0.2) is 11.5 Å². The number of ether oxygens (including phenoxy) is 3. The molecule has 0 saturated carbocycles. The maximum Gasteiger partial charge on any atom is 0.329 e. The highest BCUT2D eigenvalue weighted by atomic mass is 16.5. The number of nitrogens with one attached hydrogen (secondary N) is 1. The largest absolute Gasteiger partial charge is 0.493 e. The minimum Gasteiger partial charge on any atom is -0.493 e. The van der Waals surface area contributed by atoms with Gasteiger partial charge in [0.2, 0.25) is 5.75 Å². The number of rotatable bonds is 5. The van der Waals surface area contributed by atoms with E-state index >= 15 is 0 Å². The van der Waals surface area contributed by atoms with Crippen molar-refractivity contribution in [3.63, 3.8) is 0 Å². The molecule has 0 aromatic heterocycles. The van der Waals surface area contributed by atoms with Gasteiger partial charge >= 0.3 is 11.8 Å². The molecule has 0 spiro atoms. The van der Waals surface area contributed by atoms with Gasteiger partial charge in [0.1, 0.15) is 0 Å². The Balaban J connectivity index is 2.03. The summed E-state index contributed by atoms with van der Waals surface area (Å²) in [4.78, 5) is 25.5. The van der Waals surface area contributed by atoms with Crippen LogP contribution in [0.4, 0.5) is 0 Å². The van der Waals surface area contributed by atoms with Gasteiger partial charge in [-0.25, -0.2) is 5.43 Å². The molecule has 1 fully saturated rings. The third-order valence-electron chi connectivity index (χ3n) is 3.90. The molecule has 1 aliphatic rings. The fourth-order valence-electron chi connectivity index (χ4n) is 2.63. The van der Waals surface area contributed by atoms with Crippen LogP contribution in [0.1, 0.15) is 24.8 Å². The predicted molar refractivity (Wildman–Crippen MR) is 92.3 cm³/mol. The number of amides is 2. The molecule has 1 aromatic carbocycles. The van der Waals surface area contributed by atoms with Crippen molar-refractivity contribution in [1.82, 2.24) is 10.3 Å². The van der Waals surface area contributed by atoms with Gasteiger partial charge in [-0.05, 0) is 31.4 Å². The van der Waals surface area contributed by atoms with E-state index in [0.29, 0.717) is 35.9 Å². The lowest BCUT2D eigenvalue weighted by molar-refractivity contribution is -0.146. The second-order valence-corrected chi connectivity index (χ2v) is 5.51. The van der Waals surface area contributed by atoms with Gasteiger partial charge in [-0.1, -0.05) is 0 Å². The number of hydrogen-bond donors (Lipinski definition) is 1. The average Bonchev–Trinajstić information content (AvgIpc) is 2.66. The van der Waals surface area contributed by atoms with Gasteiger partial charge in [-0.3, -0.25) is 9.59 Å². The summed E-state index contributed by atoms with van der Waals surface area (Å²) in [6.07, 6.45) is 4.35. The molecule has 136 valence electrons. The molecule has 8 nitrogen and oxygen atoms in total. The minimum atomic E-state index is -0.745. The van der Waals surface area contributed by atoms with Crippen LogP contribution >= 0.6 is 0 Å². The molecule has 0 atom stereocenters. The Kier molecular flexibility index (Phi) is 6.62. The van der Waals surface area contributed by atoms with Crippen LogP contribution in [0.15, 0.2) is 17.2 Å². The number of nitrogens with zero attached hydrogens (tertiary/aromatic N) is 2. The van der Waals surface area contributed by atoms with E-state index in [2.05, 4.69) is 10.5 Å². The maximum absolute atomic E-state index is 12.0. The number of hydrazone groups is 1. The van der Waals surface area contributed by atoms with Crippen molar-refractivity contribution in [1.29, 1.82) is 0 Å². The third kappa shape index (κ3) is 4.62. The Bertz CT molecular complexity index is 629. The first-order valence-electron chi connectivity index (χ1n) is 8.03. The first-order valence-corrected chi connectivity index (χ1v) is 8.03. The molecular formula is C17H23N3O5. The lowest BCUT2D eigenvalue weighted by Crippen LogP contribution is -2.43. The quantitative estimate of drug-likeness (QED) is 0.490. The molecule has 1 heterocycles. The summed E-state index contributed by atoms with van der Waals surface area (Å²) >= 11 is 0. The number of hydrogen-bond acceptors (Lipinski definition) is 6. The fourth-order valence-corrected chi connectivity index (χ4v) is 2.63. The van der Waals surface area contributed by atoms with Gasteiger partial charge in [-0.15, -0.1) is 0 Å². The number of methoxy groups -OCH3 is 3. The predicted octanol–water partition coefficient (Wildman–Crippen LogP) is 1.17. The van der Waals surface area contributed by atoms with Crippen LogP contribution in [-0.2, 0) is 9.59 Å². The van der Waals surface area contributed by atoms with Gasteiger partial charge in [0, 0.05) is 18.7 Å². The molecule has 1 aromatic rings. The van der Waals surface area contributed by atoms with Crippen LogP contribution < -0.4 is 19.6 Å². The monoisotopic (exact) mass is 349 g/mol. The zero-order valence-electron chi connectivity index (χ0n) is 14.7. The Morgan fingerprint density at radius 1 is 1.04 bits per heavy atom. The first-order chi connectivity index (χ1) is 12.1. The van der Waals surface area contributed by atoms with Crippen LogP contribution in [-0.4, -0.2) is 57.3 Å². The van der Waals surface area contributed by atoms with Crippen molar-refractivity contribution in [2.24, 2.45) is 5.10 Å². The summed E-state index contributed by atoms with van der Waals surface area (Å²) < 4.78 is 15.7. The second kappa shape index (κ2) is 8.91. The Hall–Kier alpha value is -2.77. The van der Waals surface area contributed by atoms with Crippen molar-refractivity contribution in [3.8, 4) is 17.2 Å². The molecular weight excluding hydrogens is 326 g/mol. The maximum atomic E-state index is 12.0. The van der Waals surface area contributed by atoms with Crippen molar-refractivity contribution < 1.29 is 23.8 Å². The number of likely N-dealkylation sites (tertiary alicyclic amines) is 1. The molecule has 8 heteroatoms. The van der Waals surface area contributed by atoms with E-state index in [-0.39, 0.29) is 0 Å². The van der Waals surface area contributed by atoms with Crippen molar-refractivity contribution in [2.75, 3.05) is 34.4 Å². The van der Waals surface area contributed by atoms with E-state index in [1.54, 1.807) is 17.0 Å². The topological polar surface area (TPSA) is 89.5 Å². The Morgan fingerprint density at radius 3 is 2.16 bits per heavy atom. The van der Waals surface area contributed by atoms with Gasteiger partial charge in [0.25, 0.3) is 0 Å². The standard InChI is InChI=1S/C17H23N3O5/c1-23-13-9-12(10-14(24-2)15(13)25-3)11-18-19-16(21)17(22)20-7-5-4-6-8-20/h9-11H,4-8H2,1-3H3,(H,19,21). The number of carbonyl (C=O) groups is 2. The lowest BCUT2D eigenvalue weighted by atomic mass is 10.1. The Labute approximate surface area is 146 Å². The molecule has 0 aliphatic carbocycles. The highest BCUT2D eigenvalue weighted by molar-refractivity contribution is 6.35. The molecule has 0 unspecified atom stereocenters. The Morgan fingerprint density at radius 2 is 1.64 bits per heavy atom. The van der Waals surface area contributed by atoms with E-state index in [4.69, 9.17) is 14.2 Å². The third-order valence-corrected chi connectivity index (χ3v) is 3.90. The summed E-state index contributed by atoms with van der Waals surface area (Å²) in [6.45, 7) is 1.23. The van der Waals surface area contributed by atoms with Crippen LogP contribution in [0, 0.1) is 0 Å². The van der Waals surface area contributed by atoms with Crippen molar-refractivity contribution in [3.05, 3.63) is 17.7 Å². The van der Waals surface area contributed by atoms with Crippen molar-refractivity contribution >= 4 is 18.0 Å². The number of piperidine rings is 1. The van der Waals surface area contributed by atoms with E-state index in [1.165, 1.54) is 27.5 Å². The van der Waals surface area contributed by atoms with Crippen LogP contribution in [0.2, 0.25) is 0 Å². The minimum absolute atomic E-state index is 0.464. The highest BCUT2D eigenvalue weighted by Gasteiger charge is 2.22.